The molecule has 0 spiro atoms. The molecule has 0 unspecified atom stereocenters. The summed E-state index contributed by atoms with van der Waals surface area (Å²) in [4.78, 5) is 13.5. The Morgan fingerprint density at radius 1 is 1.07 bits per heavy atom. The third-order valence-electron chi connectivity index (χ3n) is 2.82. The molecular formula is C12H14INO. The Morgan fingerprint density at radius 3 is 2.20 bits per heavy atom. The number of benzene rings is 1. The van der Waals surface area contributed by atoms with Crippen LogP contribution < -0.4 is 4.90 Å². The summed E-state index contributed by atoms with van der Waals surface area (Å²) in [6.45, 7) is 2.30. The van der Waals surface area contributed by atoms with Gasteiger partial charge in [-0.1, -0.05) is 0 Å². The van der Waals surface area contributed by atoms with Gasteiger partial charge in [-0.05, 0) is 43.5 Å². The van der Waals surface area contributed by atoms with Crippen LogP contribution >= 0.6 is 22.6 Å². The van der Waals surface area contributed by atoms with Gasteiger partial charge in [0.2, 0.25) is 3.79 Å². The third-order valence-corrected chi connectivity index (χ3v) is 3.44. The molecule has 0 aromatic heterocycles. The quantitative estimate of drug-likeness (QED) is 0.617. The summed E-state index contributed by atoms with van der Waals surface area (Å²) < 4.78 is 0.109. The molecular weight excluding hydrogens is 301 g/mol. The van der Waals surface area contributed by atoms with Crippen molar-refractivity contribution in [3.05, 3.63) is 29.8 Å². The van der Waals surface area contributed by atoms with Gasteiger partial charge >= 0.3 is 0 Å². The summed E-state index contributed by atoms with van der Waals surface area (Å²) in [5, 5.41) is 0. The van der Waals surface area contributed by atoms with Gasteiger partial charge in [0.25, 0.3) is 0 Å². The van der Waals surface area contributed by atoms with E-state index in [2.05, 4.69) is 17.0 Å². The molecule has 0 aliphatic carbocycles. The predicted octanol–water partition coefficient (Wildman–Crippen LogP) is 3.25. The lowest BCUT2D eigenvalue weighted by Gasteiger charge is -2.28. The Bertz CT molecular complexity index is 341. The molecule has 2 rings (SSSR count). The maximum absolute atomic E-state index is 11.1. The summed E-state index contributed by atoms with van der Waals surface area (Å²) >= 11 is 1.82. The summed E-state index contributed by atoms with van der Waals surface area (Å²) in [5.41, 5.74) is 2.03. The van der Waals surface area contributed by atoms with Crippen molar-refractivity contribution in [3.63, 3.8) is 0 Å². The Kier molecular flexibility index (Phi) is 3.61. The van der Waals surface area contributed by atoms with E-state index in [1.165, 1.54) is 24.9 Å². The fourth-order valence-corrected chi connectivity index (χ4v) is 2.31. The number of piperidine rings is 1. The van der Waals surface area contributed by atoms with Crippen LogP contribution in [0.1, 0.15) is 29.6 Å². The fraction of sp³-hybridized carbons (Fsp3) is 0.417. The van der Waals surface area contributed by atoms with E-state index in [9.17, 15) is 4.79 Å². The van der Waals surface area contributed by atoms with E-state index in [0.29, 0.717) is 0 Å². The lowest BCUT2D eigenvalue weighted by Crippen LogP contribution is -2.29. The van der Waals surface area contributed by atoms with Crippen molar-refractivity contribution in [2.45, 2.75) is 19.3 Å². The summed E-state index contributed by atoms with van der Waals surface area (Å²) in [7, 11) is 0. The zero-order chi connectivity index (χ0) is 10.7. The number of halogens is 1. The van der Waals surface area contributed by atoms with Crippen LogP contribution in [-0.2, 0) is 0 Å². The summed E-state index contributed by atoms with van der Waals surface area (Å²) in [6.07, 6.45) is 3.92. The first-order chi connectivity index (χ1) is 7.27. The Hall–Kier alpha value is -0.580. The molecule has 1 aliphatic heterocycles. The van der Waals surface area contributed by atoms with E-state index in [0.717, 1.165) is 18.7 Å². The molecule has 1 aromatic rings. The Morgan fingerprint density at radius 2 is 1.67 bits per heavy atom. The average Bonchev–Trinajstić information content (AvgIpc) is 2.30. The topological polar surface area (TPSA) is 20.3 Å². The normalized spacial score (nSPS) is 16.5. The highest BCUT2D eigenvalue weighted by Gasteiger charge is 2.10. The number of carbonyl (C=O) groups is 1. The van der Waals surface area contributed by atoms with E-state index < -0.39 is 0 Å². The smallest absolute Gasteiger partial charge is 0.222 e. The molecule has 2 nitrogen and oxygen atoms in total. The van der Waals surface area contributed by atoms with Crippen molar-refractivity contribution in [1.29, 1.82) is 0 Å². The van der Waals surface area contributed by atoms with E-state index in [1.807, 2.05) is 34.7 Å². The number of rotatable bonds is 2. The predicted molar refractivity (Wildman–Crippen MR) is 70.9 cm³/mol. The van der Waals surface area contributed by atoms with Gasteiger partial charge in [-0.15, -0.1) is 0 Å². The van der Waals surface area contributed by atoms with E-state index in [1.54, 1.807) is 0 Å². The number of carbonyl (C=O) groups excluding carboxylic acids is 1. The van der Waals surface area contributed by atoms with Crippen LogP contribution in [0.25, 0.3) is 0 Å². The molecule has 1 heterocycles. The second-order valence-corrected chi connectivity index (χ2v) is 4.85. The van der Waals surface area contributed by atoms with Gasteiger partial charge in [-0.25, -0.2) is 0 Å². The lowest BCUT2D eigenvalue weighted by atomic mass is 10.1. The largest absolute Gasteiger partial charge is 0.372 e. The van der Waals surface area contributed by atoms with E-state index in [4.69, 9.17) is 0 Å². The zero-order valence-electron chi connectivity index (χ0n) is 8.58. The second-order valence-electron chi connectivity index (χ2n) is 3.87. The monoisotopic (exact) mass is 315 g/mol. The number of hydrogen-bond donors (Lipinski definition) is 0. The average molecular weight is 315 g/mol. The van der Waals surface area contributed by atoms with Gasteiger partial charge in [0.05, 0.1) is 0 Å². The first-order valence-electron chi connectivity index (χ1n) is 5.32. The molecule has 0 saturated carbocycles. The van der Waals surface area contributed by atoms with Crippen LogP contribution in [-0.4, -0.2) is 16.9 Å². The van der Waals surface area contributed by atoms with Gasteiger partial charge < -0.3 is 4.90 Å². The molecule has 1 fully saturated rings. The number of hydrogen-bond acceptors (Lipinski definition) is 2. The van der Waals surface area contributed by atoms with Crippen LogP contribution in [0.5, 0.6) is 0 Å². The molecule has 1 aliphatic rings. The van der Waals surface area contributed by atoms with Crippen LogP contribution in [0.15, 0.2) is 24.3 Å². The maximum atomic E-state index is 11.1. The van der Waals surface area contributed by atoms with Gasteiger partial charge in [0, 0.05) is 46.9 Å². The molecule has 0 atom stereocenters. The Balaban J connectivity index is 2.11. The SMILES string of the molecule is O=C(I)c1ccc(N2CCCCC2)cc1. The molecule has 0 amide bonds. The maximum Gasteiger partial charge on any atom is 0.222 e. The van der Waals surface area contributed by atoms with E-state index >= 15 is 0 Å². The van der Waals surface area contributed by atoms with Crippen molar-refractivity contribution >= 4 is 32.1 Å². The van der Waals surface area contributed by atoms with Gasteiger partial charge in [0.1, 0.15) is 0 Å². The Labute approximate surface area is 104 Å². The minimum Gasteiger partial charge on any atom is -0.372 e. The minimum atomic E-state index is 0.109. The molecule has 1 saturated heterocycles. The molecule has 3 heteroatoms. The van der Waals surface area contributed by atoms with Crippen molar-refractivity contribution in [3.8, 4) is 0 Å². The molecule has 80 valence electrons. The molecule has 0 N–H and O–H groups in total. The molecule has 15 heavy (non-hydrogen) atoms. The first kappa shape index (κ1) is 10.9. The van der Waals surface area contributed by atoms with E-state index in [-0.39, 0.29) is 3.79 Å². The third kappa shape index (κ3) is 2.71. The van der Waals surface area contributed by atoms with Crippen LogP contribution in [0.2, 0.25) is 0 Å². The lowest BCUT2D eigenvalue weighted by molar-refractivity contribution is 0.110. The van der Waals surface area contributed by atoms with Crippen LogP contribution in [0, 0.1) is 0 Å². The number of nitrogens with zero attached hydrogens (tertiary/aromatic N) is 1. The van der Waals surface area contributed by atoms with Gasteiger partial charge in [0.15, 0.2) is 0 Å². The highest BCUT2D eigenvalue weighted by molar-refractivity contribution is 14.1. The van der Waals surface area contributed by atoms with Crippen molar-refractivity contribution in [2.24, 2.45) is 0 Å². The zero-order valence-corrected chi connectivity index (χ0v) is 10.7. The second kappa shape index (κ2) is 4.96. The highest BCUT2D eigenvalue weighted by atomic mass is 127. The molecule has 0 bridgehead atoms. The highest BCUT2D eigenvalue weighted by Crippen LogP contribution is 2.20. The fourth-order valence-electron chi connectivity index (χ4n) is 1.96. The minimum absolute atomic E-state index is 0.109. The van der Waals surface area contributed by atoms with Crippen LogP contribution in [0.3, 0.4) is 0 Å². The molecule has 0 radical (unpaired) electrons. The van der Waals surface area contributed by atoms with Crippen molar-refractivity contribution < 1.29 is 4.79 Å². The van der Waals surface area contributed by atoms with Crippen molar-refractivity contribution in [1.82, 2.24) is 0 Å². The summed E-state index contributed by atoms with van der Waals surface area (Å²) in [6, 6.07) is 7.94. The van der Waals surface area contributed by atoms with Crippen molar-refractivity contribution in [2.75, 3.05) is 18.0 Å². The van der Waals surface area contributed by atoms with Gasteiger partial charge in [-0.2, -0.15) is 0 Å². The first-order valence-corrected chi connectivity index (χ1v) is 6.40. The number of anilines is 1. The van der Waals surface area contributed by atoms with Crippen LogP contribution in [0.4, 0.5) is 5.69 Å². The van der Waals surface area contributed by atoms with Gasteiger partial charge in [-0.3, -0.25) is 4.79 Å². The molecule has 1 aromatic carbocycles. The standard InChI is InChI=1S/C12H14INO/c13-12(15)10-4-6-11(7-5-10)14-8-2-1-3-9-14/h4-7H,1-3,8-9H2. The summed E-state index contributed by atoms with van der Waals surface area (Å²) in [5.74, 6) is 0.